The monoisotopic (exact) mass is 316 g/mol. The lowest BCUT2D eigenvalue weighted by molar-refractivity contribution is -0.698. The van der Waals surface area contributed by atoms with Crippen LogP contribution in [0.15, 0.2) is 41.0 Å². The number of benzene rings is 1. The first-order valence-electron chi connectivity index (χ1n) is 7.39. The number of hydrogen-bond donors (Lipinski definition) is 2. The van der Waals surface area contributed by atoms with Gasteiger partial charge in [0.05, 0.1) is 18.7 Å². The van der Waals surface area contributed by atoms with Crippen molar-refractivity contribution in [2.45, 2.75) is 32.9 Å². The highest BCUT2D eigenvalue weighted by molar-refractivity contribution is 5.93. The van der Waals surface area contributed by atoms with Crippen molar-refractivity contribution < 1.29 is 24.4 Å². The molecule has 1 atom stereocenters. The Labute approximate surface area is 134 Å². The molecule has 23 heavy (non-hydrogen) atoms. The minimum absolute atomic E-state index is 0.171. The van der Waals surface area contributed by atoms with Crippen molar-refractivity contribution >= 4 is 17.6 Å². The van der Waals surface area contributed by atoms with Gasteiger partial charge in [-0.05, 0) is 49.2 Å². The van der Waals surface area contributed by atoms with Crippen LogP contribution in [-0.4, -0.2) is 17.9 Å². The lowest BCUT2D eigenvalue weighted by Crippen LogP contribution is -2.92. The number of carbonyl (C=O) groups is 2. The summed E-state index contributed by atoms with van der Waals surface area (Å²) in [6, 6.07) is 8.06. The van der Waals surface area contributed by atoms with Crippen molar-refractivity contribution in [2.24, 2.45) is 0 Å². The number of furan rings is 1. The molecule has 1 amide bonds. The zero-order valence-corrected chi connectivity index (χ0v) is 13.2. The van der Waals surface area contributed by atoms with Crippen LogP contribution in [0.4, 0.5) is 5.69 Å². The molecular weight excluding hydrogens is 296 g/mol. The second-order valence-corrected chi connectivity index (χ2v) is 5.50. The van der Waals surface area contributed by atoms with Gasteiger partial charge < -0.3 is 25.0 Å². The van der Waals surface area contributed by atoms with Gasteiger partial charge in [0.15, 0.2) is 5.76 Å². The van der Waals surface area contributed by atoms with Crippen LogP contribution in [0.5, 0.6) is 0 Å². The van der Waals surface area contributed by atoms with Crippen LogP contribution in [0.3, 0.4) is 0 Å². The van der Waals surface area contributed by atoms with Crippen LogP contribution >= 0.6 is 0 Å². The Kier molecular flexibility index (Phi) is 5.54. The number of aryl methyl sites for hydroxylation is 2. The fraction of sp³-hybridized carbons (Fsp3) is 0.294. The third-order valence-electron chi connectivity index (χ3n) is 3.68. The lowest BCUT2D eigenvalue weighted by atomic mass is 10.1. The van der Waals surface area contributed by atoms with Gasteiger partial charge in [-0.15, -0.1) is 0 Å². The first-order chi connectivity index (χ1) is 11.0. The number of carboxylic acids is 1. The standard InChI is InChI=1S/C17H20N2O4/c1-11-5-6-13(8-12(11)2)19-16(20)9-15(17(21)22)18-10-14-4-3-7-23-14/h3-8,15,18H,9-10H2,1-2H3,(H,19,20)(H,21,22)/t15-/m1/s1. The van der Waals surface area contributed by atoms with E-state index in [1.807, 2.05) is 26.0 Å². The molecule has 0 aliphatic carbocycles. The summed E-state index contributed by atoms with van der Waals surface area (Å²) >= 11 is 0. The second kappa shape index (κ2) is 7.60. The van der Waals surface area contributed by atoms with Gasteiger partial charge in [0.25, 0.3) is 0 Å². The van der Waals surface area contributed by atoms with Crippen LogP contribution in [0.2, 0.25) is 0 Å². The Hall–Kier alpha value is -2.60. The highest BCUT2D eigenvalue weighted by atomic mass is 16.4. The van der Waals surface area contributed by atoms with E-state index in [4.69, 9.17) is 4.42 Å². The zero-order valence-electron chi connectivity index (χ0n) is 13.2. The molecule has 1 aromatic carbocycles. The van der Waals surface area contributed by atoms with E-state index in [1.165, 1.54) is 11.6 Å². The van der Waals surface area contributed by atoms with Crippen LogP contribution in [0, 0.1) is 13.8 Å². The number of rotatable bonds is 7. The van der Waals surface area contributed by atoms with Crippen LogP contribution < -0.4 is 15.7 Å². The van der Waals surface area contributed by atoms with E-state index in [1.54, 1.807) is 18.2 Å². The van der Waals surface area contributed by atoms with Crippen molar-refractivity contribution in [3.05, 3.63) is 53.5 Å². The van der Waals surface area contributed by atoms with Crippen molar-refractivity contribution in [3.63, 3.8) is 0 Å². The van der Waals surface area contributed by atoms with Crippen molar-refractivity contribution in [3.8, 4) is 0 Å². The molecule has 0 aliphatic heterocycles. The summed E-state index contributed by atoms with van der Waals surface area (Å²) in [5.74, 6) is -0.990. The predicted octanol–water partition coefficient (Wildman–Crippen LogP) is 0.107. The number of carbonyl (C=O) groups excluding carboxylic acids is 2. The Morgan fingerprint density at radius 2 is 2.04 bits per heavy atom. The number of hydrogen-bond acceptors (Lipinski definition) is 4. The van der Waals surface area contributed by atoms with Crippen LogP contribution in [0.1, 0.15) is 23.3 Å². The zero-order chi connectivity index (χ0) is 16.8. The molecule has 0 radical (unpaired) electrons. The van der Waals surface area contributed by atoms with E-state index in [9.17, 15) is 14.7 Å². The largest absolute Gasteiger partial charge is 0.544 e. The van der Waals surface area contributed by atoms with Gasteiger partial charge in [0, 0.05) is 5.69 Å². The van der Waals surface area contributed by atoms with E-state index < -0.39 is 12.0 Å². The Morgan fingerprint density at radius 3 is 2.65 bits per heavy atom. The highest BCUT2D eigenvalue weighted by Crippen LogP contribution is 2.14. The molecule has 1 heterocycles. The number of nitrogens with two attached hydrogens (primary N) is 1. The molecule has 0 spiro atoms. The molecule has 122 valence electrons. The molecule has 1 aromatic heterocycles. The molecule has 6 heteroatoms. The van der Waals surface area contributed by atoms with E-state index in [-0.39, 0.29) is 12.3 Å². The minimum Gasteiger partial charge on any atom is -0.544 e. The summed E-state index contributed by atoms with van der Waals surface area (Å²) < 4.78 is 5.14. The Bertz CT molecular complexity index is 680. The summed E-state index contributed by atoms with van der Waals surface area (Å²) in [4.78, 5) is 23.2. The Morgan fingerprint density at radius 1 is 1.26 bits per heavy atom. The van der Waals surface area contributed by atoms with Crippen molar-refractivity contribution in [1.82, 2.24) is 0 Å². The topological polar surface area (TPSA) is 99.0 Å². The summed E-state index contributed by atoms with van der Waals surface area (Å²) in [6.45, 7) is 4.27. The molecule has 2 aromatic rings. The SMILES string of the molecule is Cc1ccc(NC(=O)C[C@@H]([NH2+]Cc2ccco2)C(=O)[O-])cc1C. The second-order valence-electron chi connectivity index (χ2n) is 5.50. The fourth-order valence-electron chi connectivity index (χ4n) is 2.18. The average Bonchev–Trinajstić information content (AvgIpc) is 3.00. The van der Waals surface area contributed by atoms with Gasteiger partial charge in [-0.3, -0.25) is 4.79 Å². The molecule has 0 unspecified atom stereocenters. The number of carboxylic acid groups (broad SMARTS) is 1. The summed E-state index contributed by atoms with van der Waals surface area (Å²) in [6.07, 6.45) is 1.35. The third-order valence-corrected chi connectivity index (χ3v) is 3.68. The van der Waals surface area contributed by atoms with E-state index >= 15 is 0 Å². The van der Waals surface area contributed by atoms with Crippen molar-refractivity contribution in [1.29, 1.82) is 0 Å². The van der Waals surface area contributed by atoms with Crippen LogP contribution in [-0.2, 0) is 16.1 Å². The maximum Gasteiger partial charge on any atom is 0.230 e. The first-order valence-corrected chi connectivity index (χ1v) is 7.39. The first kappa shape index (κ1) is 16.8. The average molecular weight is 316 g/mol. The van der Waals surface area contributed by atoms with Crippen molar-refractivity contribution in [2.75, 3.05) is 5.32 Å². The fourth-order valence-corrected chi connectivity index (χ4v) is 2.18. The number of quaternary nitrogens is 1. The van der Waals surface area contributed by atoms with Gasteiger partial charge >= 0.3 is 0 Å². The molecule has 2 rings (SSSR count). The van der Waals surface area contributed by atoms with E-state index in [0.29, 0.717) is 18.0 Å². The quantitative estimate of drug-likeness (QED) is 0.757. The lowest BCUT2D eigenvalue weighted by Gasteiger charge is -2.16. The number of amides is 1. The smallest absolute Gasteiger partial charge is 0.230 e. The molecule has 0 bridgehead atoms. The summed E-state index contributed by atoms with van der Waals surface area (Å²) in [5.41, 5.74) is 2.84. The van der Waals surface area contributed by atoms with Gasteiger partial charge in [0.1, 0.15) is 12.6 Å². The molecule has 0 saturated carbocycles. The molecule has 0 aliphatic rings. The summed E-state index contributed by atoms with van der Waals surface area (Å²) in [5, 5.41) is 15.4. The van der Waals surface area contributed by atoms with Gasteiger partial charge in [-0.2, -0.15) is 0 Å². The van der Waals surface area contributed by atoms with Crippen LogP contribution in [0.25, 0.3) is 0 Å². The number of anilines is 1. The maximum atomic E-state index is 12.0. The number of aliphatic carboxylic acids is 1. The maximum absolute atomic E-state index is 12.0. The van der Waals surface area contributed by atoms with Gasteiger partial charge in [-0.25, -0.2) is 0 Å². The predicted molar refractivity (Wildman–Crippen MR) is 82.3 cm³/mol. The molecule has 3 N–H and O–H groups in total. The van der Waals surface area contributed by atoms with E-state index in [0.717, 1.165) is 11.1 Å². The molecule has 6 nitrogen and oxygen atoms in total. The minimum atomic E-state index is -1.27. The third kappa shape index (κ3) is 4.96. The normalized spacial score (nSPS) is 11.9. The number of nitrogens with one attached hydrogen (secondary N) is 1. The molecular formula is C17H20N2O4. The molecule has 0 fully saturated rings. The molecule has 0 saturated heterocycles. The Balaban J connectivity index is 1.91. The highest BCUT2D eigenvalue weighted by Gasteiger charge is 2.19. The van der Waals surface area contributed by atoms with E-state index in [2.05, 4.69) is 5.32 Å². The summed E-state index contributed by atoms with van der Waals surface area (Å²) in [7, 11) is 0. The van der Waals surface area contributed by atoms with Gasteiger partial charge in [-0.1, -0.05) is 6.07 Å². The van der Waals surface area contributed by atoms with Gasteiger partial charge in [0.2, 0.25) is 5.91 Å².